The Morgan fingerprint density at radius 2 is 0.976 bits per heavy atom. The Morgan fingerprint density at radius 1 is 0.378 bits per heavy atom. The minimum Gasteiger partial charge on any atom is -0.481 e. The summed E-state index contributed by atoms with van der Waals surface area (Å²) in [7, 11) is 0. The molecular weight excluding hydrogens is 1720 g/mol. The minimum atomic E-state index is 0. The Bertz CT molecular complexity index is 4630. The van der Waals surface area contributed by atoms with Gasteiger partial charge in [0.25, 0.3) is 0 Å². The first-order valence-corrected chi connectivity index (χ1v) is 25.6. The van der Waals surface area contributed by atoms with E-state index < -0.39 is 0 Å². The van der Waals surface area contributed by atoms with Crippen LogP contribution in [0.25, 0.3) is 127 Å². The molecule has 16 rings (SSSR count). The van der Waals surface area contributed by atoms with E-state index in [1.54, 1.807) is 6.20 Å². The number of para-hydroxylation sites is 3. The van der Waals surface area contributed by atoms with Gasteiger partial charge in [0.1, 0.15) is 11.5 Å². The van der Waals surface area contributed by atoms with Crippen LogP contribution in [0.3, 0.4) is 0 Å². The molecular formula is C71H44Ir4N6O-4. The van der Waals surface area contributed by atoms with Crippen molar-refractivity contribution in [2.24, 2.45) is 0 Å². The number of imidazole rings is 1. The smallest absolute Gasteiger partial charge is 0.155 e. The molecule has 0 N–H and O–H groups in total. The minimum absolute atomic E-state index is 0. The fourth-order valence-corrected chi connectivity index (χ4v) is 10.0. The first-order chi connectivity index (χ1) is 38.7. The topological polar surface area (TPSA) is 82.5 Å². The number of rotatable bonds is 5. The van der Waals surface area contributed by atoms with E-state index in [0.717, 1.165) is 72.8 Å². The number of aromatic nitrogens is 6. The maximum Gasteiger partial charge on any atom is 0.155 e. The van der Waals surface area contributed by atoms with Crippen LogP contribution in [0.5, 0.6) is 0 Å². The van der Waals surface area contributed by atoms with E-state index in [0.29, 0.717) is 5.89 Å². The van der Waals surface area contributed by atoms with E-state index >= 15 is 0 Å². The van der Waals surface area contributed by atoms with Crippen molar-refractivity contribution in [1.82, 2.24) is 29.5 Å². The largest absolute Gasteiger partial charge is 0.481 e. The van der Waals surface area contributed by atoms with Crippen LogP contribution in [0.15, 0.2) is 272 Å². The number of fused-ring (bicyclic) bond motifs is 5. The summed E-state index contributed by atoms with van der Waals surface area (Å²) in [4.78, 5) is 22.6. The quantitative estimate of drug-likeness (QED) is 0.126. The molecule has 0 aliphatic rings. The fourth-order valence-electron chi connectivity index (χ4n) is 10.0. The third kappa shape index (κ3) is 12.1. The zero-order valence-corrected chi connectivity index (χ0v) is 52.9. The molecule has 11 heteroatoms. The molecule has 4 radical (unpaired) electrons. The van der Waals surface area contributed by atoms with Crippen LogP contribution in [-0.2, 0) is 80.4 Å². The molecule has 7 nitrogen and oxygen atoms in total. The number of pyridine rings is 3. The second-order valence-corrected chi connectivity index (χ2v) is 18.4. The molecule has 0 spiro atoms. The second kappa shape index (κ2) is 27.2. The van der Waals surface area contributed by atoms with Gasteiger partial charge in [0.15, 0.2) is 5.65 Å². The van der Waals surface area contributed by atoms with E-state index in [9.17, 15) is 0 Å². The van der Waals surface area contributed by atoms with Crippen LogP contribution in [0.4, 0.5) is 0 Å². The van der Waals surface area contributed by atoms with Crippen molar-refractivity contribution in [3.8, 4) is 51.0 Å². The van der Waals surface area contributed by atoms with Gasteiger partial charge in [-0.2, -0.15) is 0 Å². The maximum atomic E-state index is 5.61. The van der Waals surface area contributed by atoms with Crippen LogP contribution in [0, 0.1) is 24.3 Å². The molecule has 0 aliphatic carbocycles. The Hall–Kier alpha value is -8.03. The number of benzene rings is 11. The Labute approximate surface area is 528 Å². The summed E-state index contributed by atoms with van der Waals surface area (Å²) in [5, 5.41) is 12.5. The van der Waals surface area contributed by atoms with E-state index in [4.69, 9.17) is 9.40 Å². The van der Waals surface area contributed by atoms with Gasteiger partial charge in [-0.3, -0.25) is 15.0 Å². The second-order valence-electron chi connectivity index (χ2n) is 18.4. The van der Waals surface area contributed by atoms with Gasteiger partial charge in [-0.25, -0.2) is 4.98 Å². The van der Waals surface area contributed by atoms with Gasteiger partial charge < -0.3 is 14.0 Å². The summed E-state index contributed by atoms with van der Waals surface area (Å²) in [6.45, 7) is 0. The maximum absolute atomic E-state index is 5.61. The van der Waals surface area contributed by atoms with E-state index in [-0.39, 0.29) is 80.4 Å². The summed E-state index contributed by atoms with van der Waals surface area (Å²) >= 11 is 0. The molecule has 5 heterocycles. The first kappa shape index (κ1) is 58.6. The molecule has 11 aromatic carbocycles. The summed E-state index contributed by atoms with van der Waals surface area (Å²) in [6, 6.07) is 96.7. The number of hydrogen-bond donors (Lipinski definition) is 0. The van der Waals surface area contributed by atoms with E-state index in [1.165, 1.54) is 48.5 Å². The van der Waals surface area contributed by atoms with Gasteiger partial charge in [-0.05, 0) is 70.4 Å². The number of hydrogen-bond acceptors (Lipinski definition) is 6. The molecule has 0 unspecified atom stereocenters. The van der Waals surface area contributed by atoms with Crippen molar-refractivity contribution in [2.75, 3.05) is 0 Å². The average molecular weight is 1770 g/mol. The average Bonchev–Trinajstić information content (AvgIpc) is 4.06. The fraction of sp³-hybridized carbons (Fsp3) is 0. The van der Waals surface area contributed by atoms with E-state index in [2.05, 4.69) is 158 Å². The van der Waals surface area contributed by atoms with Crippen molar-refractivity contribution >= 4 is 76.1 Å². The van der Waals surface area contributed by atoms with Gasteiger partial charge in [-0.15, -0.1) is 101 Å². The van der Waals surface area contributed by atoms with Crippen LogP contribution >= 0.6 is 0 Å². The molecule has 0 fully saturated rings. The van der Waals surface area contributed by atoms with Gasteiger partial charge in [-0.1, -0.05) is 183 Å². The molecule has 0 amide bonds. The summed E-state index contributed by atoms with van der Waals surface area (Å²) in [6.07, 6.45) is 5.45. The van der Waals surface area contributed by atoms with Crippen molar-refractivity contribution in [3.05, 3.63) is 292 Å². The summed E-state index contributed by atoms with van der Waals surface area (Å²) in [5.41, 5.74) is 10.4. The van der Waals surface area contributed by atoms with Crippen molar-refractivity contribution in [1.29, 1.82) is 0 Å². The van der Waals surface area contributed by atoms with Gasteiger partial charge >= 0.3 is 0 Å². The molecule has 0 bridgehead atoms. The predicted molar refractivity (Wildman–Crippen MR) is 317 cm³/mol. The Balaban J connectivity index is 0.000000131. The number of nitrogens with zero attached hydrogens (tertiary/aromatic N) is 6. The first-order valence-electron chi connectivity index (χ1n) is 25.6. The third-order valence-electron chi connectivity index (χ3n) is 13.6. The van der Waals surface area contributed by atoms with Crippen LogP contribution in [0.1, 0.15) is 0 Å². The predicted octanol–water partition coefficient (Wildman–Crippen LogP) is 17.5. The zero-order valence-electron chi connectivity index (χ0n) is 43.3. The SMILES string of the molecule is [Ir].[Ir].[Ir].[Ir].[c-]1c(-c2ccccn2)c2ccccc2c2ccccc12.[c-]1cc2ccc3cccc4ccc(c1-c1ccccn1)c2c34.[c-]1ccccc1-c1nc2ccccc2o1.[c-]1ccccc1-c1nc2cccnc2n1-c1ccccc1. The summed E-state index contributed by atoms with van der Waals surface area (Å²) < 4.78 is 7.68. The zero-order chi connectivity index (χ0) is 52.0. The molecule has 0 saturated heterocycles. The molecule has 0 aliphatic heterocycles. The standard InChI is InChI=1S/C21H12N.C19H12N.C18H12N3.C13H8NO.4Ir/c1-2-13-22-19(6-1)17-11-9-16-8-7-14-4-3-5-15-10-12-18(17)21(16)20(14)15;1-2-8-15-14(7-1)13-18(19-11-5-6-12-20-19)17-10-4-3-9-16(15)17;1-3-8-14(9-4-1)17-20-16-12-7-13-19-18(16)21(17)15-10-5-2-6-11-15;1-2-6-10(7-3-1)13-14-11-8-4-5-9-12(11)15-13;;;;/h1-10,12-13H;1-12H;1-8,10-13H;1-6,8-9H;;;;/q4*-1;;;;. The summed E-state index contributed by atoms with van der Waals surface area (Å²) in [5.74, 6) is 1.48. The van der Waals surface area contributed by atoms with Gasteiger partial charge in [0.05, 0.1) is 16.9 Å². The van der Waals surface area contributed by atoms with Crippen molar-refractivity contribution < 1.29 is 84.8 Å². The van der Waals surface area contributed by atoms with Crippen molar-refractivity contribution in [3.63, 3.8) is 0 Å². The third-order valence-corrected chi connectivity index (χ3v) is 13.6. The monoisotopic (exact) mass is 1770 g/mol. The van der Waals surface area contributed by atoms with Crippen LogP contribution in [-0.4, -0.2) is 29.5 Å². The number of oxazole rings is 1. The molecule has 82 heavy (non-hydrogen) atoms. The molecule has 0 atom stereocenters. The molecule has 16 aromatic rings. The van der Waals surface area contributed by atoms with Gasteiger partial charge in [0, 0.05) is 110 Å². The Morgan fingerprint density at radius 3 is 1.68 bits per heavy atom. The van der Waals surface area contributed by atoms with Crippen LogP contribution < -0.4 is 0 Å². The molecule has 0 saturated carbocycles. The molecule has 5 aromatic heterocycles. The van der Waals surface area contributed by atoms with Gasteiger partial charge in [0.2, 0.25) is 0 Å². The Kier molecular flexibility index (Phi) is 19.4. The van der Waals surface area contributed by atoms with Crippen molar-refractivity contribution in [2.45, 2.75) is 0 Å². The van der Waals surface area contributed by atoms with E-state index in [1.807, 2.05) is 152 Å². The molecule has 404 valence electrons. The normalized spacial score (nSPS) is 10.5. The van der Waals surface area contributed by atoms with Crippen LogP contribution in [0.2, 0.25) is 0 Å².